The monoisotopic (exact) mass is 329 g/mol. The SMILES string of the molecule is CC1CNC(c2cc(C(F)(F)F)cc(C(F)(F)F)c2)SC1. The molecule has 0 aliphatic carbocycles. The third-order valence-corrected chi connectivity index (χ3v) is 4.65. The van der Waals surface area contributed by atoms with Crippen molar-refractivity contribution in [2.24, 2.45) is 5.92 Å². The first kappa shape index (κ1) is 16.5. The standard InChI is InChI=1S/C13H13F6NS/c1-7-5-20-11(21-6-7)8-2-9(12(14,15)16)4-10(3-8)13(17,18)19/h2-4,7,11,20H,5-6H2,1H3. The molecule has 1 aromatic carbocycles. The van der Waals surface area contributed by atoms with E-state index >= 15 is 0 Å². The van der Waals surface area contributed by atoms with Crippen LogP contribution in [0.15, 0.2) is 18.2 Å². The van der Waals surface area contributed by atoms with Gasteiger partial charge in [-0.3, -0.25) is 0 Å². The first-order valence-corrected chi connectivity index (χ1v) is 7.26. The van der Waals surface area contributed by atoms with Crippen molar-refractivity contribution < 1.29 is 26.3 Å². The highest BCUT2D eigenvalue weighted by Crippen LogP contribution is 2.40. The Labute approximate surface area is 122 Å². The Kier molecular flexibility index (Phi) is 4.49. The molecular weight excluding hydrogens is 316 g/mol. The average molecular weight is 329 g/mol. The molecule has 1 fully saturated rings. The molecule has 2 atom stereocenters. The quantitative estimate of drug-likeness (QED) is 0.750. The highest BCUT2D eigenvalue weighted by Gasteiger charge is 2.37. The van der Waals surface area contributed by atoms with Crippen molar-refractivity contribution in [2.75, 3.05) is 12.3 Å². The Morgan fingerprint density at radius 3 is 1.90 bits per heavy atom. The van der Waals surface area contributed by atoms with Gasteiger partial charge in [0.2, 0.25) is 0 Å². The summed E-state index contributed by atoms with van der Waals surface area (Å²) >= 11 is 1.32. The molecule has 1 saturated heterocycles. The topological polar surface area (TPSA) is 12.0 Å². The highest BCUT2D eigenvalue weighted by atomic mass is 32.2. The largest absolute Gasteiger partial charge is 0.416 e. The molecule has 2 rings (SSSR count). The lowest BCUT2D eigenvalue weighted by Gasteiger charge is -2.28. The fraction of sp³-hybridized carbons (Fsp3) is 0.538. The maximum atomic E-state index is 12.8. The minimum atomic E-state index is -4.80. The van der Waals surface area contributed by atoms with Crippen molar-refractivity contribution in [1.29, 1.82) is 0 Å². The second-order valence-electron chi connectivity index (χ2n) is 5.07. The van der Waals surface area contributed by atoms with E-state index < -0.39 is 28.9 Å². The van der Waals surface area contributed by atoms with Gasteiger partial charge < -0.3 is 5.32 Å². The molecule has 2 unspecified atom stereocenters. The number of hydrogen-bond acceptors (Lipinski definition) is 2. The van der Waals surface area contributed by atoms with Gasteiger partial charge >= 0.3 is 12.4 Å². The number of benzene rings is 1. The number of nitrogens with one attached hydrogen (secondary N) is 1. The van der Waals surface area contributed by atoms with Gasteiger partial charge in [0.1, 0.15) is 0 Å². The Morgan fingerprint density at radius 1 is 1.00 bits per heavy atom. The zero-order valence-corrected chi connectivity index (χ0v) is 11.8. The molecule has 0 amide bonds. The zero-order chi connectivity index (χ0) is 15.8. The Balaban J connectivity index is 2.41. The van der Waals surface area contributed by atoms with Crippen LogP contribution in [0.25, 0.3) is 0 Å². The van der Waals surface area contributed by atoms with E-state index in [-0.39, 0.29) is 11.6 Å². The van der Waals surface area contributed by atoms with Crippen LogP contribution in [0.1, 0.15) is 29.0 Å². The first-order chi connectivity index (χ1) is 9.57. The summed E-state index contributed by atoms with van der Waals surface area (Å²) in [6.07, 6.45) is -9.61. The van der Waals surface area contributed by atoms with Crippen LogP contribution in [0.3, 0.4) is 0 Å². The lowest BCUT2D eigenvalue weighted by atomic mass is 10.0. The van der Waals surface area contributed by atoms with Crippen molar-refractivity contribution in [3.8, 4) is 0 Å². The van der Waals surface area contributed by atoms with Gasteiger partial charge in [-0.25, -0.2) is 0 Å². The normalized spacial score (nSPS) is 24.1. The summed E-state index contributed by atoms with van der Waals surface area (Å²) < 4.78 is 76.6. The molecule has 0 saturated carbocycles. The van der Waals surface area contributed by atoms with Crippen LogP contribution in [0.2, 0.25) is 0 Å². The van der Waals surface area contributed by atoms with Gasteiger partial charge in [0.15, 0.2) is 0 Å². The summed E-state index contributed by atoms with van der Waals surface area (Å²) in [5, 5.41) is 2.42. The molecule has 118 valence electrons. The Hall–Kier alpha value is -0.890. The summed E-state index contributed by atoms with van der Waals surface area (Å²) in [6.45, 7) is 2.53. The average Bonchev–Trinajstić information content (AvgIpc) is 2.37. The predicted octanol–water partition coefficient (Wildman–Crippen LogP) is 4.70. The molecule has 0 radical (unpaired) electrons. The molecule has 1 aromatic rings. The van der Waals surface area contributed by atoms with Crippen LogP contribution in [0.5, 0.6) is 0 Å². The summed E-state index contributed by atoms with van der Waals surface area (Å²) in [5.74, 6) is 1.02. The van der Waals surface area contributed by atoms with E-state index in [0.29, 0.717) is 18.2 Å². The van der Waals surface area contributed by atoms with E-state index in [1.165, 1.54) is 11.8 Å². The molecule has 8 heteroatoms. The van der Waals surface area contributed by atoms with Gasteiger partial charge in [-0.05, 0) is 42.0 Å². The van der Waals surface area contributed by atoms with Crippen molar-refractivity contribution in [3.05, 3.63) is 34.9 Å². The second-order valence-corrected chi connectivity index (χ2v) is 6.20. The molecule has 0 aromatic heterocycles. The van der Waals surface area contributed by atoms with Crippen LogP contribution in [0, 0.1) is 5.92 Å². The molecule has 1 N–H and O–H groups in total. The first-order valence-electron chi connectivity index (χ1n) is 6.22. The van der Waals surface area contributed by atoms with E-state index in [1.807, 2.05) is 6.92 Å². The molecule has 0 bridgehead atoms. The fourth-order valence-electron chi connectivity index (χ4n) is 2.03. The summed E-state index contributed by atoms with van der Waals surface area (Å²) in [5.41, 5.74) is -2.53. The van der Waals surface area contributed by atoms with Gasteiger partial charge in [0.25, 0.3) is 0 Å². The van der Waals surface area contributed by atoms with Crippen molar-refractivity contribution in [2.45, 2.75) is 24.7 Å². The minimum absolute atomic E-state index is 0.00838. The van der Waals surface area contributed by atoms with Crippen LogP contribution >= 0.6 is 11.8 Å². The van der Waals surface area contributed by atoms with Crippen LogP contribution in [0.4, 0.5) is 26.3 Å². The third-order valence-electron chi connectivity index (χ3n) is 3.11. The molecule has 0 spiro atoms. The predicted molar refractivity (Wildman–Crippen MR) is 68.8 cm³/mol. The van der Waals surface area contributed by atoms with Gasteiger partial charge in [-0.1, -0.05) is 6.92 Å². The Bertz CT molecular complexity index is 470. The summed E-state index contributed by atoms with van der Waals surface area (Å²) in [6, 6.07) is 1.73. The van der Waals surface area contributed by atoms with Crippen LogP contribution in [-0.4, -0.2) is 12.3 Å². The minimum Gasteiger partial charge on any atom is -0.301 e. The number of thioether (sulfide) groups is 1. The van der Waals surface area contributed by atoms with Crippen LogP contribution in [-0.2, 0) is 12.4 Å². The smallest absolute Gasteiger partial charge is 0.301 e. The van der Waals surface area contributed by atoms with Crippen molar-refractivity contribution >= 4 is 11.8 Å². The number of hydrogen-bond donors (Lipinski definition) is 1. The second kappa shape index (κ2) is 5.72. The number of halogens is 6. The molecule has 21 heavy (non-hydrogen) atoms. The summed E-state index contributed by atoms with van der Waals surface area (Å²) in [7, 11) is 0. The molecule has 1 nitrogen and oxygen atoms in total. The van der Waals surface area contributed by atoms with E-state index in [9.17, 15) is 26.3 Å². The zero-order valence-electron chi connectivity index (χ0n) is 11.0. The lowest BCUT2D eigenvalue weighted by molar-refractivity contribution is -0.143. The van der Waals surface area contributed by atoms with Crippen LogP contribution < -0.4 is 5.32 Å². The van der Waals surface area contributed by atoms with Gasteiger partial charge in [-0.15, -0.1) is 11.8 Å². The van der Waals surface area contributed by atoms with Gasteiger partial charge in [0, 0.05) is 0 Å². The fourth-order valence-corrected chi connectivity index (χ4v) is 3.21. The van der Waals surface area contributed by atoms with Gasteiger partial charge in [0.05, 0.1) is 16.5 Å². The Morgan fingerprint density at radius 2 is 1.52 bits per heavy atom. The van der Waals surface area contributed by atoms with E-state index in [2.05, 4.69) is 5.32 Å². The molecule has 1 aliphatic rings. The maximum absolute atomic E-state index is 12.8. The highest BCUT2D eigenvalue weighted by molar-refractivity contribution is 7.99. The lowest BCUT2D eigenvalue weighted by Crippen LogP contribution is -2.31. The number of rotatable bonds is 1. The molecule has 1 aliphatic heterocycles. The van der Waals surface area contributed by atoms with E-state index in [0.717, 1.165) is 12.1 Å². The summed E-state index contributed by atoms with van der Waals surface area (Å²) in [4.78, 5) is 0. The van der Waals surface area contributed by atoms with Crippen molar-refractivity contribution in [3.63, 3.8) is 0 Å². The van der Waals surface area contributed by atoms with E-state index in [4.69, 9.17) is 0 Å². The van der Waals surface area contributed by atoms with Gasteiger partial charge in [-0.2, -0.15) is 26.3 Å². The molecule has 1 heterocycles. The molecular formula is C13H13F6NS. The van der Waals surface area contributed by atoms with Crippen molar-refractivity contribution in [1.82, 2.24) is 5.32 Å². The van der Waals surface area contributed by atoms with E-state index in [1.54, 1.807) is 0 Å². The number of alkyl halides is 6. The third kappa shape index (κ3) is 4.06. The maximum Gasteiger partial charge on any atom is 0.416 e.